The van der Waals surface area contributed by atoms with Crippen LogP contribution in [0.3, 0.4) is 0 Å². The molecule has 0 saturated heterocycles. The van der Waals surface area contributed by atoms with Crippen molar-refractivity contribution in [1.82, 2.24) is 0 Å². The molecule has 0 aliphatic heterocycles. The fourth-order valence-corrected chi connectivity index (χ4v) is 1.51. The highest BCUT2D eigenvalue weighted by Gasteiger charge is 2.36. The Morgan fingerprint density at radius 2 is 1.88 bits per heavy atom. The molecular weight excluding hydrogens is 215 g/mol. The monoisotopic (exact) mass is 227 g/mol. The van der Waals surface area contributed by atoms with Crippen LogP contribution in [0.25, 0.3) is 0 Å². The zero-order chi connectivity index (χ0) is 12.2. The molecule has 0 bridgehead atoms. The van der Waals surface area contributed by atoms with E-state index in [4.69, 9.17) is 5.26 Å². The first kappa shape index (κ1) is 12.6. The van der Waals surface area contributed by atoms with Crippen LogP contribution in [-0.2, 0) is 0 Å². The van der Waals surface area contributed by atoms with E-state index in [2.05, 4.69) is 0 Å². The molecule has 0 heterocycles. The molecule has 1 aliphatic carbocycles. The predicted octanol–water partition coefficient (Wildman–Crippen LogP) is 4.06. The molecule has 0 unspecified atom stereocenters. The molecule has 0 aromatic carbocycles. The zero-order valence-electron chi connectivity index (χ0n) is 8.93. The van der Waals surface area contributed by atoms with Gasteiger partial charge in [-0.2, -0.15) is 18.4 Å². The van der Waals surface area contributed by atoms with Gasteiger partial charge in [-0.3, -0.25) is 0 Å². The Morgan fingerprint density at radius 1 is 1.25 bits per heavy atom. The van der Waals surface area contributed by atoms with Crippen LogP contribution in [0, 0.1) is 11.3 Å². The van der Waals surface area contributed by atoms with Crippen molar-refractivity contribution in [3.63, 3.8) is 0 Å². The van der Waals surface area contributed by atoms with Crippen molar-refractivity contribution in [2.45, 2.75) is 32.4 Å². The van der Waals surface area contributed by atoms with E-state index in [1.807, 2.05) is 0 Å². The number of nitrogens with zero attached hydrogens (tertiary/aromatic N) is 1. The molecule has 16 heavy (non-hydrogen) atoms. The molecule has 1 rings (SSSR count). The lowest BCUT2D eigenvalue weighted by molar-refractivity contribution is -0.0889. The summed E-state index contributed by atoms with van der Waals surface area (Å²) in [5.74, 6) is 0. The van der Waals surface area contributed by atoms with Crippen LogP contribution < -0.4 is 0 Å². The number of nitriles is 1. The van der Waals surface area contributed by atoms with E-state index < -0.39 is 11.7 Å². The largest absolute Gasteiger partial charge is 0.417 e. The van der Waals surface area contributed by atoms with Crippen molar-refractivity contribution in [3.05, 3.63) is 34.9 Å². The molecule has 1 aliphatic rings. The number of hydrogen-bond donors (Lipinski definition) is 0. The molecule has 1 nitrogen and oxygen atoms in total. The minimum atomic E-state index is -4.47. The molecule has 0 atom stereocenters. The molecule has 0 amide bonds. The van der Waals surface area contributed by atoms with Gasteiger partial charge in [-0.15, -0.1) is 0 Å². The molecule has 0 radical (unpaired) electrons. The number of allylic oxidation sites excluding steroid dienone is 6. The van der Waals surface area contributed by atoms with E-state index in [1.54, 1.807) is 19.1 Å². The number of halogens is 3. The normalized spacial score (nSPS) is 21.6. The predicted molar refractivity (Wildman–Crippen MR) is 55.4 cm³/mol. The summed E-state index contributed by atoms with van der Waals surface area (Å²) >= 11 is 0. The first-order valence-corrected chi connectivity index (χ1v) is 5.01. The van der Waals surface area contributed by atoms with Crippen molar-refractivity contribution in [1.29, 1.82) is 5.26 Å². The summed E-state index contributed by atoms with van der Waals surface area (Å²) in [5.41, 5.74) is -0.567. The highest BCUT2D eigenvalue weighted by molar-refractivity contribution is 5.47. The maximum atomic E-state index is 12.7. The highest BCUT2D eigenvalue weighted by Crippen LogP contribution is 2.33. The van der Waals surface area contributed by atoms with Gasteiger partial charge in [0, 0.05) is 0 Å². The quantitative estimate of drug-likeness (QED) is 0.612. The molecule has 4 heteroatoms. The van der Waals surface area contributed by atoms with Crippen molar-refractivity contribution in [3.8, 4) is 6.07 Å². The van der Waals surface area contributed by atoms with Crippen LogP contribution in [0.2, 0.25) is 0 Å². The second kappa shape index (κ2) is 5.02. The van der Waals surface area contributed by atoms with Crippen molar-refractivity contribution in [2.75, 3.05) is 0 Å². The van der Waals surface area contributed by atoms with Crippen LogP contribution in [0.4, 0.5) is 13.2 Å². The summed E-state index contributed by atoms with van der Waals surface area (Å²) in [6.07, 6.45) is 1.71. The third kappa shape index (κ3) is 3.27. The van der Waals surface area contributed by atoms with Crippen LogP contribution >= 0.6 is 0 Å². The standard InChI is InChI=1S/C12H12F3N/c1-9-5-3-2-4-6-10(8-16)11(7-9)12(13,14)15/h5-7H,2-4H2,1H3/b9-5?,10-6+,11-7?. The van der Waals surface area contributed by atoms with Gasteiger partial charge in [0.25, 0.3) is 0 Å². The van der Waals surface area contributed by atoms with Gasteiger partial charge >= 0.3 is 6.18 Å². The maximum Gasteiger partial charge on any atom is 0.417 e. The van der Waals surface area contributed by atoms with Crippen molar-refractivity contribution < 1.29 is 13.2 Å². The Balaban J connectivity index is 3.25. The number of alkyl halides is 3. The summed E-state index contributed by atoms with van der Waals surface area (Å²) in [5, 5.41) is 8.74. The van der Waals surface area contributed by atoms with Gasteiger partial charge in [-0.05, 0) is 32.3 Å². The molecular formula is C12H12F3N. The third-order valence-corrected chi connectivity index (χ3v) is 2.31. The third-order valence-electron chi connectivity index (χ3n) is 2.31. The fourth-order valence-electron chi connectivity index (χ4n) is 1.51. The summed E-state index contributed by atoms with van der Waals surface area (Å²) < 4.78 is 38.1. The van der Waals surface area contributed by atoms with Gasteiger partial charge in [0.15, 0.2) is 0 Å². The molecule has 0 saturated carbocycles. The Morgan fingerprint density at radius 3 is 2.44 bits per heavy atom. The topological polar surface area (TPSA) is 23.8 Å². The van der Waals surface area contributed by atoms with Gasteiger partial charge in [0.05, 0.1) is 17.2 Å². The Kier molecular flexibility index (Phi) is 3.94. The Hall–Kier alpha value is -1.50. The second-order valence-corrected chi connectivity index (χ2v) is 3.66. The summed E-state index contributed by atoms with van der Waals surface area (Å²) in [7, 11) is 0. The Labute approximate surface area is 92.6 Å². The molecule has 0 fully saturated rings. The van der Waals surface area contributed by atoms with E-state index in [9.17, 15) is 13.2 Å². The molecule has 86 valence electrons. The van der Waals surface area contributed by atoms with Crippen LogP contribution in [0.1, 0.15) is 26.2 Å². The van der Waals surface area contributed by atoms with E-state index in [0.717, 1.165) is 18.9 Å². The van der Waals surface area contributed by atoms with Gasteiger partial charge in [-0.1, -0.05) is 17.7 Å². The summed E-state index contributed by atoms with van der Waals surface area (Å²) in [4.78, 5) is 0. The van der Waals surface area contributed by atoms with E-state index >= 15 is 0 Å². The molecule has 0 aromatic heterocycles. The van der Waals surface area contributed by atoms with Gasteiger partial charge < -0.3 is 0 Å². The fraction of sp³-hybridized carbons (Fsp3) is 0.417. The summed E-state index contributed by atoms with van der Waals surface area (Å²) in [6, 6.07) is 1.62. The van der Waals surface area contributed by atoms with E-state index in [1.165, 1.54) is 6.08 Å². The lowest BCUT2D eigenvalue weighted by Gasteiger charge is -2.10. The molecule has 0 spiro atoms. The minimum absolute atomic E-state index is 0.276. The van der Waals surface area contributed by atoms with E-state index in [0.29, 0.717) is 12.0 Å². The zero-order valence-corrected chi connectivity index (χ0v) is 8.93. The first-order valence-electron chi connectivity index (χ1n) is 5.01. The first-order chi connectivity index (χ1) is 7.45. The molecule has 0 aromatic rings. The average Bonchev–Trinajstić information content (AvgIpc) is 2.27. The van der Waals surface area contributed by atoms with Gasteiger partial charge in [-0.25, -0.2) is 0 Å². The molecule has 0 N–H and O–H groups in total. The lowest BCUT2D eigenvalue weighted by Crippen LogP contribution is -2.13. The van der Waals surface area contributed by atoms with Crippen molar-refractivity contribution >= 4 is 0 Å². The average molecular weight is 227 g/mol. The van der Waals surface area contributed by atoms with E-state index in [-0.39, 0.29) is 5.57 Å². The smallest absolute Gasteiger partial charge is 0.192 e. The maximum absolute atomic E-state index is 12.7. The van der Waals surface area contributed by atoms with Crippen LogP contribution in [0.5, 0.6) is 0 Å². The lowest BCUT2D eigenvalue weighted by atomic mass is 10.0. The second-order valence-electron chi connectivity index (χ2n) is 3.66. The van der Waals surface area contributed by atoms with Gasteiger partial charge in [0.2, 0.25) is 0 Å². The number of rotatable bonds is 0. The van der Waals surface area contributed by atoms with Crippen molar-refractivity contribution in [2.24, 2.45) is 0 Å². The van der Waals surface area contributed by atoms with Crippen LogP contribution in [-0.4, -0.2) is 6.18 Å². The van der Waals surface area contributed by atoms with Crippen LogP contribution in [0.15, 0.2) is 34.9 Å². The number of hydrogen-bond acceptors (Lipinski definition) is 1. The SMILES string of the molecule is CC1=CCCC/C=C(\C#N)C(C(F)(F)F)=C1. The highest BCUT2D eigenvalue weighted by atomic mass is 19.4. The van der Waals surface area contributed by atoms with Gasteiger partial charge in [0.1, 0.15) is 0 Å². The minimum Gasteiger partial charge on any atom is -0.192 e. The summed E-state index contributed by atoms with van der Waals surface area (Å²) in [6.45, 7) is 1.62. The Bertz CT molecular complexity index is 391.